The summed E-state index contributed by atoms with van der Waals surface area (Å²) >= 11 is 0. The molecule has 0 aromatic heterocycles. The Morgan fingerprint density at radius 1 is 1.36 bits per heavy atom. The zero-order valence-corrected chi connectivity index (χ0v) is 8.25. The Morgan fingerprint density at radius 2 is 2.14 bits per heavy atom. The quantitative estimate of drug-likeness (QED) is 0.473. The molecular formula is C9H15NO4. The Hall–Kier alpha value is -1.10. The summed E-state index contributed by atoms with van der Waals surface area (Å²) in [4.78, 5) is 21.9. The summed E-state index contributed by atoms with van der Waals surface area (Å²) in [6, 6.07) is 0.0316. The van der Waals surface area contributed by atoms with E-state index in [2.05, 4.69) is 10.1 Å². The summed E-state index contributed by atoms with van der Waals surface area (Å²) in [6.45, 7) is 1.36. The van der Waals surface area contributed by atoms with Crippen LogP contribution < -0.4 is 5.32 Å². The monoisotopic (exact) mass is 201 g/mol. The first-order chi connectivity index (χ1) is 6.74. The van der Waals surface area contributed by atoms with Crippen molar-refractivity contribution in [3.63, 3.8) is 0 Å². The fourth-order valence-corrected chi connectivity index (χ4v) is 1.39. The van der Waals surface area contributed by atoms with Crippen molar-refractivity contribution in [3.8, 4) is 0 Å². The summed E-state index contributed by atoms with van der Waals surface area (Å²) in [5, 5.41) is 2.62. The fraction of sp³-hybridized carbons (Fsp3) is 0.778. The molecule has 1 unspecified atom stereocenters. The molecule has 1 fully saturated rings. The van der Waals surface area contributed by atoms with E-state index in [0.29, 0.717) is 6.61 Å². The average molecular weight is 201 g/mol. The van der Waals surface area contributed by atoms with Crippen molar-refractivity contribution in [2.75, 3.05) is 20.3 Å². The van der Waals surface area contributed by atoms with Gasteiger partial charge in [-0.15, -0.1) is 0 Å². The minimum Gasteiger partial charge on any atom is -0.462 e. The first kappa shape index (κ1) is 11.0. The lowest BCUT2D eigenvalue weighted by Crippen LogP contribution is -2.39. The van der Waals surface area contributed by atoms with Crippen LogP contribution in [0.5, 0.6) is 0 Å². The van der Waals surface area contributed by atoms with E-state index in [1.807, 2.05) is 0 Å². The van der Waals surface area contributed by atoms with Gasteiger partial charge in [-0.3, -0.25) is 4.79 Å². The van der Waals surface area contributed by atoms with E-state index in [9.17, 15) is 9.59 Å². The third kappa shape index (κ3) is 3.33. The lowest BCUT2D eigenvalue weighted by Gasteiger charge is -2.13. The van der Waals surface area contributed by atoms with Crippen molar-refractivity contribution < 1.29 is 19.1 Å². The molecule has 1 aliphatic heterocycles. The molecule has 0 aromatic rings. The summed E-state index contributed by atoms with van der Waals surface area (Å²) < 4.78 is 9.53. The molecule has 1 atom stereocenters. The second kappa shape index (κ2) is 5.59. The zero-order chi connectivity index (χ0) is 10.4. The predicted octanol–water partition coefficient (Wildman–Crippen LogP) is -0.155. The van der Waals surface area contributed by atoms with Gasteiger partial charge in [-0.05, 0) is 19.3 Å². The molecule has 1 amide bonds. The summed E-state index contributed by atoms with van der Waals surface area (Å²) in [7, 11) is 1.19. The number of nitrogens with one attached hydrogen (secondary N) is 1. The van der Waals surface area contributed by atoms with E-state index in [4.69, 9.17) is 4.74 Å². The predicted molar refractivity (Wildman–Crippen MR) is 48.6 cm³/mol. The maximum Gasteiger partial charge on any atom is 0.396 e. The van der Waals surface area contributed by atoms with Crippen LogP contribution in [0.3, 0.4) is 0 Å². The largest absolute Gasteiger partial charge is 0.462 e. The summed E-state index contributed by atoms with van der Waals surface area (Å²) in [5.41, 5.74) is 0. The van der Waals surface area contributed by atoms with E-state index in [0.717, 1.165) is 25.9 Å². The van der Waals surface area contributed by atoms with Gasteiger partial charge in [-0.2, -0.15) is 0 Å². The summed E-state index contributed by atoms with van der Waals surface area (Å²) in [6.07, 6.45) is 2.51. The smallest absolute Gasteiger partial charge is 0.396 e. The number of methoxy groups -OCH3 is 1. The molecule has 1 aliphatic rings. The number of rotatable bonds is 1. The topological polar surface area (TPSA) is 64.6 Å². The van der Waals surface area contributed by atoms with Crippen LogP contribution in [0, 0.1) is 0 Å². The highest BCUT2D eigenvalue weighted by Gasteiger charge is 2.19. The third-order valence-electron chi connectivity index (χ3n) is 2.16. The fourth-order valence-electron chi connectivity index (χ4n) is 1.39. The molecule has 0 saturated carbocycles. The second-order valence-electron chi connectivity index (χ2n) is 3.21. The number of hydrogen-bond acceptors (Lipinski definition) is 4. The van der Waals surface area contributed by atoms with Crippen LogP contribution >= 0.6 is 0 Å². The third-order valence-corrected chi connectivity index (χ3v) is 2.16. The lowest BCUT2D eigenvalue weighted by molar-refractivity contribution is -0.153. The number of amides is 1. The molecule has 0 radical (unpaired) electrons. The molecule has 5 heteroatoms. The van der Waals surface area contributed by atoms with Gasteiger partial charge in [0.2, 0.25) is 0 Å². The van der Waals surface area contributed by atoms with Crippen LogP contribution in [0.1, 0.15) is 19.3 Å². The maximum absolute atomic E-state index is 11.1. The van der Waals surface area contributed by atoms with Crippen LogP contribution in [0.15, 0.2) is 0 Å². The minimum absolute atomic E-state index is 0.0316. The Morgan fingerprint density at radius 3 is 2.86 bits per heavy atom. The highest BCUT2D eigenvalue weighted by molar-refractivity contribution is 6.32. The van der Waals surface area contributed by atoms with E-state index >= 15 is 0 Å². The molecule has 0 bridgehead atoms. The minimum atomic E-state index is -0.838. The van der Waals surface area contributed by atoms with Crippen molar-refractivity contribution in [1.82, 2.24) is 5.32 Å². The molecule has 0 spiro atoms. The molecule has 0 aliphatic carbocycles. The van der Waals surface area contributed by atoms with Crippen LogP contribution in [-0.4, -0.2) is 38.2 Å². The van der Waals surface area contributed by atoms with Crippen molar-refractivity contribution in [3.05, 3.63) is 0 Å². The van der Waals surface area contributed by atoms with Gasteiger partial charge < -0.3 is 14.8 Å². The highest BCUT2D eigenvalue weighted by atomic mass is 16.5. The van der Waals surface area contributed by atoms with E-state index in [-0.39, 0.29) is 6.04 Å². The van der Waals surface area contributed by atoms with Crippen molar-refractivity contribution in [2.45, 2.75) is 25.3 Å². The van der Waals surface area contributed by atoms with Crippen LogP contribution in [0.25, 0.3) is 0 Å². The number of esters is 1. The summed E-state index contributed by atoms with van der Waals surface area (Å²) in [5.74, 6) is -1.51. The molecule has 1 N–H and O–H groups in total. The standard InChI is InChI=1S/C9H15NO4/c1-13-9(12)8(11)10-7-3-2-5-14-6-4-7/h7H,2-6H2,1H3,(H,10,11). The maximum atomic E-state index is 11.1. The molecule has 1 saturated heterocycles. The number of hydrogen-bond donors (Lipinski definition) is 1. The first-order valence-electron chi connectivity index (χ1n) is 4.70. The number of carbonyl (C=O) groups is 2. The van der Waals surface area contributed by atoms with E-state index in [1.165, 1.54) is 7.11 Å². The van der Waals surface area contributed by atoms with Gasteiger partial charge in [0.1, 0.15) is 0 Å². The van der Waals surface area contributed by atoms with E-state index in [1.54, 1.807) is 0 Å². The Bertz CT molecular complexity index is 209. The first-order valence-corrected chi connectivity index (χ1v) is 4.70. The number of ether oxygens (including phenoxy) is 2. The van der Waals surface area contributed by atoms with Crippen LogP contribution in [-0.2, 0) is 19.1 Å². The molecule has 5 nitrogen and oxygen atoms in total. The van der Waals surface area contributed by atoms with Crippen LogP contribution in [0.4, 0.5) is 0 Å². The highest BCUT2D eigenvalue weighted by Crippen LogP contribution is 2.07. The van der Waals surface area contributed by atoms with Crippen molar-refractivity contribution in [2.24, 2.45) is 0 Å². The van der Waals surface area contributed by atoms with Gasteiger partial charge in [0, 0.05) is 19.3 Å². The van der Waals surface area contributed by atoms with Crippen molar-refractivity contribution in [1.29, 1.82) is 0 Å². The lowest BCUT2D eigenvalue weighted by atomic mass is 10.1. The SMILES string of the molecule is COC(=O)C(=O)NC1CCCOCC1. The van der Waals surface area contributed by atoms with Crippen molar-refractivity contribution >= 4 is 11.9 Å². The molecule has 14 heavy (non-hydrogen) atoms. The molecular weight excluding hydrogens is 186 g/mol. The number of carbonyl (C=O) groups excluding carboxylic acids is 2. The average Bonchev–Trinajstić information content (AvgIpc) is 2.45. The van der Waals surface area contributed by atoms with Gasteiger partial charge >= 0.3 is 11.9 Å². The van der Waals surface area contributed by atoms with Gasteiger partial charge in [-0.25, -0.2) is 4.79 Å². The van der Waals surface area contributed by atoms with Gasteiger partial charge in [-0.1, -0.05) is 0 Å². The Kier molecular flexibility index (Phi) is 4.39. The zero-order valence-electron chi connectivity index (χ0n) is 8.25. The normalized spacial score (nSPS) is 22.2. The molecule has 1 rings (SSSR count). The Labute approximate surface area is 82.8 Å². The molecule has 1 heterocycles. The van der Waals surface area contributed by atoms with E-state index < -0.39 is 11.9 Å². The van der Waals surface area contributed by atoms with Gasteiger partial charge in [0.25, 0.3) is 0 Å². The molecule has 80 valence electrons. The van der Waals surface area contributed by atoms with Gasteiger partial charge in [0.05, 0.1) is 7.11 Å². The van der Waals surface area contributed by atoms with Gasteiger partial charge in [0.15, 0.2) is 0 Å². The Balaban J connectivity index is 2.34. The molecule has 0 aromatic carbocycles. The second-order valence-corrected chi connectivity index (χ2v) is 3.21. The van der Waals surface area contributed by atoms with Crippen LogP contribution in [0.2, 0.25) is 0 Å².